The van der Waals surface area contributed by atoms with E-state index in [0.29, 0.717) is 11.3 Å². The Hall–Kier alpha value is 0.100. The molecule has 0 aliphatic heterocycles. The second-order valence-electron chi connectivity index (χ2n) is 2.55. The van der Waals surface area contributed by atoms with E-state index in [2.05, 4.69) is 0 Å². The molecule has 1 nitrogen and oxygen atoms in total. The zero-order chi connectivity index (χ0) is 6.73. The molecular formula is C6H14OP+. The summed E-state index contributed by atoms with van der Waals surface area (Å²) in [5.41, 5.74) is 0.704. The van der Waals surface area contributed by atoms with E-state index in [1.807, 2.05) is 27.7 Å². The van der Waals surface area contributed by atoms with Crippen molar-refractivity contribution in [3.05, 3.63) is 0 Å². The van der Waals surface area contributed by atoms with Gasteiger partial charge >= 0.3 is 7.80 Å². The average molecular weight is 133 g/mol. The van der Waals surface area contributed by atoms with Gasteiger partial charge in [-0.05, 0) is 27.7 Å². The van der Waals surface area contributed by atoms with Gasteiger partial charge in [0.1, 0.15) is 0 Å². The summed E-state index contributed by atoms with van der Waals surface area (Å²) in [4.78, 5) is 0. The third-order valence-electron chi connectivity index (χ3n) is 1.02. The third-order valence-corrected chi connectivity index (χ3v) is 3.05. The third kappa shape index (κ3) is 2.42. The Morgan fingerprint density at radius 3 is 1.25 bits per heavy atom. The summed E-state index contributed by atoms with van der Waals surface area (Å²) in [6.07, 6.45) is 0. The number of hydrogen-bond acceptors (Lipinski definition) is 1. The summed E-state index contributed by atoms with van der Waals surface area (Å²) in [5, 5.41) is 0. The second kappa shape index (κ2) is 3.19. The van der Waals surface area contributed by atoms with Crippen molar-refractivity contribution in [3.63, 3.8) is 0 Å². The van der Waals surface area contributed by atoms with Gasteiger partial charge in [-0.3, -0.25) is 0 Å². The monoisotopic (exact) mass is 133 g/mol. The molecule has 0 atom stereocenters. The van der Waals surface area contributed by atoms with E-state index >= 15 is 0 Å². The summed E-state index contributed by atoms with van der Waals surface area (Å²) in [6.45, 7) is 7.99. The normalized spacial score (nSPS) is 10.8. The van der Waals surface area contributed by atoms with Gasteiger partial charge in [0.2, 0.25) is 0 Å². The van der Waals surface area contributed by atoms with E-state index in [0.717, 1.165) is 0 Å². The van der Waals surface area contributed by atoms with Crippen molar-refractivity contribution in [2.24, 2.45) is 0 Å². The second-order valence-corrected chi connectivity index (χ2v) is 5.33. The lowest BCUT2D eigenvalue weighted by Crippen LogP contribution is -1.95. The lowest BCUT2D eigenvalue weighted by molar-refractivity contribution is 0.577. The molecule has 0 aromatic rings. The number of rotatable bonds is 2. The Labute approximate surface area is 52.3 Å². The first-order valence-corrected chi connectivity index (χ1v) is 4.41. The predicted molar refractivity (Wildman–Crippen MR) is 37.9 cm³/mol. The van der Waals surface area contributed by atoms with Gasteiger partial charge in [0.05, 0.1) is 0 Å². The molecule has 0 bridgehead atoms. The Kier molecular flexibility index (Phi) is 3.23. The molecule has 0 heterocycles. The highest BCUT2D eigenvalue weighted by Crippen LogP contribution is 2.32. The fourth-order valence-corrected chi connectivity index (χ4v) is 1.79. The molecule has 8 heavy (non-hydrogen) atoms. The van der Waals surface area contributed by atoms with Crippen LogP contribution in [0.2, 0.25) is 0 Å². The maximum atomic E-state index is 11.0. The van der Waals surface area contributed by atoms with Gasteiger partial charge in [-0.25, -0.2) is 0 Å². The first-order chi connectivity index (χ1) is 3.55. The van der Waals surface area contributed by atoms with Crippen LogP contribution < -0.4 is 0 Å². The number of hydrogen-bond donors (Lipinski definition) is 0. The van der Waals surface area contributed by atoms with Crippen LogP contribution in [0.1, 0.15) is 27.7 Å². The molecule has 0 aliphatic rings. The summed E-state index contributed by atoms with van der Waals surface area (Å²) in [5.74, 6) is 0. The molecule has 0 aromatic heterocycles. The molecule has 0 N–H and O–H groups in total. The van der Waals surface area contributed by atoms with Crippen molar-refractivity contribution >= 4 is 7.80 Å². The van der Waals surface area contributed by atoms with Gasteiger partial charge in [0, 0.05) is 0 Å². The predicted octanol–water partition coefficient (Wildman–Crippen LogP) is 2.63. The lowest BCUT2D eigenvalue weighted by atomic mass is 10.5. The topological polar surface area (TPSA) is 17.1 Å². The molecule has 2 heteroatoms. The molecule has 0 radical (unpaired) electrons. The minimum Gasteiger partial charge on any atom is -0.0742 e. The quantitative estimate of drug-likeness (QED) is 0.529. The van der Waals surface area contributed by atoms with Crippen molar-refractivity contribution in [1.82, 2.24) is 0 Å². The summed E-state index contributed by atoms with van der Waals surface area (Å²) < 4.78 is 11.0. The Morgan fingerprint density at radius 2 is 1.25 bits per heavy atom. The van der Waals surface area contributed by atoms with E-state index < -0.39 is 7.80 Å². The Morgan fingerprint density at radius 1 is 1.00 bits per heavy atom. The minimum atomic E-state index is -0.949. The van der Waals surface area contributed by atoms with E-state index in [-0.39, 0.29) is 0 Å². The molecule has 48 valence electrons. The summed E-state index contributed by atoms with van der Waals surface area (Å²) in [6, 6.07) is 0. The van der Waals surface area contributed by atoms with Gasteiger partial charge in [-0.2, -0.15) is 0 Å². The largest absolute Gasteiger partial charge is 0.343 e. The van der Waals surface area contributed by atoms with E-state index in [1.54, 1.807) is 0 Å². The zero-order valence-corrected chi connectivity index (χ0v) is 6.90. The van der Waals surface area contributed by atoms with E-state index in [1.165, 1.54) is 0 Å². The maximum absolute atomic E-state index is 11.0. The smallest absolute Gasteiger partial charge is 0.0742 e. The van der Waals surface area contributed by atoms with Crippen LogP contribution in [0.4, 0.5) is 0 Å². The SMILES string of the molecule is CC(C)[P+](=O)C(C)C. The molecule has 0 unspecified atom stereocenters. The van der Waals surface area contributed by atoms with Gasteiger partial charge in [0.25, 0.3) is 0 Å². The van der Waals surface area contributed by atoms with Crippen molar-refractivity contribution < 1.29 is 4.57 Å². The van der Waals surface area contributed by atoms with Crippen LogP contribution in [0.25, 0.3) is 0 Å². The fraction of sp³-hybridized carbons (Fsp3) is 1.00. The van der Waals surface area contributed by atoms with Crippen LogP contribution in [0.5, 0.6) is 0 Å². The van der Waals surface area contributed by atoms with Crippen molar-refractivity contribution in [3.8, 4) is 0 Å². The zero-order valence-electron chi connectivity index (χ0n) is 6.01. The average Bonchev–Trinajstić information content (AvgIpc) is 1.64. The van der Waals surface area contributed by atoms with E-state index in [9.17, 15) is 4.57 Å². The highest BCUT2D eigenvalue weighted by molar-refractivity contribution is 7.46. The van der Waals surface area contributed by atoms with Gasteiger partial charge in [-0.15, -0.1) is 0 Å². The van der Waals surface area contributed by atoms with Crippen LogP contribution in [0.15, 0.2) is 0 Å². The van der Waals surface area contributed by atoms with Gasteiger partial charge in [-0.1, -0.05) is 4.57 Å². The summed E-state index contributed by atoms with van der Waals surface area (Å²) >= 11 is 0. The highest BCUT2D eigenvalue weighted by atomic mass is 31.1. The van der Waals surface area contributed by atoms with Gasteiger partial charge in [0.15, 0.2) is 11.3 Å². The highest BCUT2D eigenvalue weighted by Gasteiger charge is 2.24. The van der Waals surface area contributed by atoms with Crippen LogP contribution in [0.3, 0.4) is 0 Å². The first kappa shape index (κ1) is 8.10. The molecule has 0 aromatic carbocycles. The molecule has 0 fully saturated rings. The summed E-state index contributed by atoms with van der Waals surface area (Å²) in [7, 11) is -0.949. The lowest BCUT2D eigenvalue weighted by Gasteiger charge is -1.91. The molecule has 0 spiro atoms. The maximum Gasteiger partial charge on any atom is 0.343 e. The van der Waals surface area contributed by atoms with Crippen LogP contribution in [-0.4, -0.2) is 11.3 Å². The van der Waals surface area contributed by atoms with Crippen molar-refractivity contribution in [2.75, 3.05) is 0 Å². The molecule has 0 saturated heterocycles. The molecule has 0 aliphatic carbocycles. The van der Waals surface area contributed by atoms with Crippen LogP contribution in [-0.2, 0) is 4.57 Å². The van der Waals surface area contributed by atoms with Crippen LogP contribution in [0, 0.1) is 0 Å². The first-order valence-electron chi connectivity index (χ1n) is 3.01. The Bertz CT molecular complexity index is 76.5. The molecule has 0 amide bonds. The van der Waals surface area contributed by atoms with Crippen molar-refractivity contribution in [1.29, 1.82) is 0 Å². The standard InChI is InChI=1S/C6H14OP/c1-5(2)8(7)6(3)4/h5-6H,1-4H3/q+1. The fourth-order valence-electron chi connectivity index (χ4n) is 0.596. The molecular weight excluding hydrogens is 119 g/mol. The molecule has 0 rings (SSSR count). The minimum absolute atomic E-state index is 0.352. The Balaban J connectivity index is 3.65. The van der Waals surface area contributed by atoms with Crippen LogP contribution >= 0.6 is 7.80 Å². The van der Waals surface area contributed by atoms with E-state index in [4.69, 9.17) is 0 Å². The molecule has 0 saturated carbocycles. The van der Waals surface area contributed by atoms with Gasteiger partial charge < -0.3 is 0 Å². The van der Waals surface area contributed by atoms with Crippen molar-refractivity contribution in [2.45, 2.75) is 39.0 Å².